The number of benzene rings is 1. The predicted molar refractivity (Wildman–Crippen MR) is 90.2 cm³/mol. The van der Waals surface area contributed by atoms with Crippen LogP contribution in [0.15, 0.2) is 29.2 Å². The molecule has 118 valence electrons. The summed E-state index contributed by atoms with van der Waals surface area (Å²) in [6.07, 6.45) is 6.27. The maximum Gasteiger partial charge on any atom is 0.0948 e. The van der Waals surface area contributed by atoms with Crippen LogP contribution in [0.2, 0.25) is 5.02 Å². The molecule has 1 aromatic rings. The number of halogens is 1. The van der Waals surface area contributed by atoms with Gasteiger partial charge in [-0.3, -0.25) is 0 Å². The van der Waals surface area contributed by atoms with Crippen molar-refractivity contribution >= 4 is 23.4 Å². The lowest BCUT2D eigenvalue weighted by Gasteiger charge is -2.37. The fraction of sp³-hybridized carbons (Fsp3) is 0.647. The van der Waals surface area contributed by atoms with Crippen molar-refractivity contribution in [2.45, 2.75) is 62.0 Å². The van der Waals surface area contributed by atoms with Crippen molar-refractivity contribution in [2.75, 3.05) is 12.4 Å². The van der Waals surface area contributed by atoms with Gasteiger partial charge in [0.1, 0.15) is 0 Å². The smallest absolute Gasteiger partial charge is 0.0948 e. The number of hydrogen-bond acceptors (Lipinski definition) is 3. The zero-order chi connectivity index (χ0) is 15.1. The van der Waals surface area contributed by atoms with Gasteiger partial charge in [0.15, 0.2) is 0 Å². The molecule has 0 aliphatic heterocycles. The highest BCUT2D eigenvalue weighted by atomic mass is 35.5. The number of hydrogen-bond donors (Lipinski definition) is 1. The molecule has 2 rings (SSSR count). The highest BCUT2D eigenvalue weighted by Crippen LogP contribution is 2.36. The Morgan fingerprint density at radius 3 is 2.52 bits per heavy atom. The molecular weight excluding hydrogens is 304 g/mol. The SMILES string of the molecule is CCOC1(C(O)CSc2ccccc2Cl)CCCCCC1. The van der Waals surface area contributed by atoms with Crippen LogP contribution in [0.4, 0.5) is 0 Å². The van der Waals surface area contributed by atoms with Gasteiger partial charge < -0.3 is 9.84 Å². The van der Waals surface area contributed by atoms with E-state index in [0.717, 1.165) is 35.6 Å². The monoisotopic (exact) mass is 328 g/mol. The molecule has 1 atom stereocenters. The lowest BCUT2D eigenvalue weighted by molar-refractivity contribution is -0.120. The highest BCUT2D eigenvalue weighted by Gasteiger charge is 2.38. The van der Waals surface area contributed by atoms with Crippen molar-refractivity contribution < 1.29 is 9.84 Å². The third kappa shape index (κ3) is 4.62. The summed E-state index contributed by atoms with van der Waals surface area (Å²) < 4.78 is 6.03. The Bertz CT molecular complexity index is 431. The van der Waals surface area contributed by atoms with Crippen molar-refractivity contribution in [3.8, 4) is 0 Å². The van der Waals surface area contributed by atoms with E-state index in [-0.39, 0.29) is 5.60 Å². The first-order valence-corrected chi connectivity index (χ1v) is 9.23. The molecule has 1 unspecified atom stereocenters. The topological polar surface area (TPSA) is 29.5 Å². The Morgan fingerprint density at radius 1 is 1.24 bits per heavy atom. The molecule has 0 saturated heterocycles. The second-order valence-electron chi connectivity index (χ2n) is 5.67. The Labute approximate surface area is 137 Å². The van der Waals surface area contributed by atoms with Crippen molar-refractivity contribution in [3.05, 3.63) is 29.3 Å². The number of thioether (sulfide) groups is 1. The fourth-order valence-corrected chi connectivity index (χ4v) is 4.39. The van der Waals surface area contributed by atoms with Crippen LogP contribution in [0.1, 0.15) is 45.4 Å². The molecule has 4 heteroatoms. The lowest BCUT2D eigenvalue weighted by Crippen LogP contribution is -2.46. The van der Waals surface area contributed by atoms with Crippen molar-refractivity contribution in [3.63, 3.8) is 0 Å². The summed E-state index contributed by atoms with van der Waals surface area (Å²) in [6, 6.07) is 7.79. The minimum Gasteiger partial charge on any atom is -0.389 e. The number of rotatable bonds is 6. The maximum absolute atomic E-state index is 10.7. The molecule has 0 bridgehead atoms. The van der Waals surface area contributed by atoms with Gasteiger partial charge in [0.25, 0.3) is 0 Å². The summed E-state index contributed by atoms with van der Waals surface area (Å²) >= 11 is 7.80. The molecule has 0 spiro atoms. The van der Waals surface area contributed by atoms with Gasteiger partial charge in [0.05, 0.1) is 16.7 Å². The van der Waals surface area contributed by atoms with Crippen LogP contribution < -0.4 is 0 Å². The molecule has 0 radical (unpaired) electrons. The Balaban J connectivity index is 2.01. The molecular formula is C17H25ClO2S. The molecule has 2 nitrogen and oxygen atoms in total. The van der Waals surface area contributed by atoms with E-state index in [1.54, 1.807) is 11.8 Å². The molecule has 1 fully saturated rings. The molecule has 1 aromatic carbocycles. The molecule has 0 aromatic heterocycles. The standard InChI is InChI=1S/C17H25ClO2S/c1-2-20-17(11-7-3-4-8-12-17)16(19)13-21-15-10-6-5-9-14(15)18/h5-6,9-10,16,19H,2-4,7-8,11-13H2,1H3. The van der Waals surface area contributed by atoms with Crippen molar-refractivity contribution in [1.82, 2.24) is 0 Å². The van der Waals surface area contributed by atoms with Crippen LogP contribution in [0.25, 0.3) is 0 Å². The van der Waals surface area contributed by atoms with E-state index in [2.05, 4.69) is 0 Å². The molecule has 1 N–H and O–H groups in total. The van der Waals surface area contributed by atoms with Crippen LogP contribution in [0, 0.1) is 0 Å². The van der Waals surface area contributed by atoms with Gasteiger partial charge in [0, 0.05) is 17.3 Å². The average Bonchev–Trinajstić information content (AvgIpc) is 2.73. The lowest BCUT2D eigenvalue weighted by atomic mass is 9.89. The van der Waals surface area contributed by atoms with Crippen LogP contribution in [0.5, 0.6) is 0 Å². The zero-order valence-corrected chi connectivity index (χ0v) is 14.3. The second-order valence-corrected chi connectivity index (χ2v) is 7.14. The van der Waals surface area contributed by atoms with E-state index < -0.39 is 6.10 Å². The Kier molecular flexibility index (Phi) is 6.87. The van der Waals surface area contributed by atoms with E-state index in [4.69, 9.17) is 16.3 Å². The second kappa shape index (κ2) is 8.42. The average molecular weight is 329 g/mol. The van der Waals surface area contributed by atoms with Gasteiger partial charge in [0.2, 0.25) is 0 Å². The largest absolute Gasteiger partial charge is 0.389 e. The molecule has 0 heterocycles. The number of ether oxygens (including phenoxy) is 1. The van der Waals surface area contributed by atoms with Crippen LogP contribution >= 0.6 is 23.4 Å². The van der Waals surface area contributed by atoms with Crippen LogP contribution in [0.3, 0.4) is 0 Å². The molecule has 21 heavy (non-hydrogen) atoms. The summed E-state index contributed by atoms with van der Waals surface area (Å²) in [5.74, 6) is 0.629. The predicted octanol–water partition coefficient (Wildman–Crippen LogP) is 4.92. The number of aliphatic hydroxyl groups is 1. The van der Waals surface area contributed by atoms with Gasteiger partial charge in [-0.05, 0) is 31.9 Å². The normalized spacial score (nSPS) is 20.0. The molecule has 1 saturated carbocycles. The van der Waals surface area contributed by atoms with Gasteiger partial charge in [-0.1, -0.05) is 49.4 Å². The summed E-state index contributed by atoms with van der Waals surface area (Å²) in [6.45, 7) is 2.67. The summed E-state index contributed by atoms with van der Waals surface area (Å²) in [7, 11) is 0. The van der Waals surface area contributed by atoms with E-state index in [9.17, 15) is 5.11 Å². The van der Waals surface area contributed by atoms with E-state index in [1.165, 1.54) is 12.8 Å². The minimum absolute atomic E-state index is 0.362. The third-order valence-electron chi connectivity index (χ3n) is 4.22. The first-order chi connectivity index (χ1) is 10.2. The molecule has 1 aliphatic carbocycles. The van der Waals surface area contributed by atoms with Gasteiger partial charge >= 0.3 is 0 Å². The highest BCUT2D eigenvalue weighted by molar-refractivity contribution is 7.99. The van der Waals surface area contributed by atoms with Gasteiger partial charge in [-0.2, -0.15) is 0 Å². The molecule has 1 aliphatic rings. The Morgan fingerprint density at radius 2 is 1.90 bits per heavy atom. The van der Waals surface area contributed by atoms with Gasteiger partial charge in [-0.25, -0.2) is 0 Å². The first-order valence-electron chi connectivity index (χ1n) is 7.87. The van der Waals surface area contributed by atoms with Crippen LogP contribution in [-0.2, 0) is 4.74 Å². The molecule has 0 amide bonds. The zero-order valence-electron chi connectivity index (χ0n) is 12.7. The minimum atomic E-state index is -0.447. The Hall–Kier alpha value is -0.220. The van der Waals surface area contributed by atoms with E-state index in [0.29, 0.717) is 12.4 Å². The van der Waals surface area contributed by atoms with Crippen molar-refractivity contribution in [2.24, 2.45) is 0 Å². The summed E-state index contributed by atoms with van der Waals surface area (Å²) in [4.78, 5) is 1.03. The van der Waals surface area contributed by atoms with Crippen molar-refractivity contribution in [1.29, 1.82) is 0 Å². The fourth-order valence-electron chi connectivity index (χ4n) is 3.07. The maximum atomic E-state index is 10.7. The summed E-state index contributed by atoms with van der Waals surface area (Å²) in [5, 5.41) is 11.5. The van der Waals surface area contributed by atoms with Gasteiger partial charge in [-0.15, -0.1) is 11.8 Å². The third-order valence-corrected chi connectivity index (χ3v) is 5.81. The van der Waals surface area contributed by atoms with E-state index in [1.807, 2.05) is 31.2 Å². The first kappa shape index (κ1) is 17.1. The number of aliphatic hydroxyl groups excluding tert-OH is 1. The quantitative estimate of drug-likeness (QED) is 0.593. The summed E-state index contributed by atoms with van der Waals surface area (Å²) in [5.41, 5.74) is -0.362. The van der Waals surface area contributed by atoms with E-state index >= 15 is 0 Å². The van der Waals surface area contributed by atoms with Crippen LogP contribution in [-0.4, -0.2) is 29.2 Å².